The van der Waals surface area contributed by atoms with Crippen LogP contribution in [0.15, 0.2) is 28.8 Å². The van der Waals surface area contributed by atoms with Crippen molar-refractivity contribution >= 4 is 28.4 Å². The number of aryl methyl sites for hydroxylation is 1. The molecule has 5 nitrogen and oxygen atoms in total. The highest BCUT2D eigenvalue weighted by molar-refractivity contribution is 6.31. The Morgan fingerprint density at radius 1 is 1.44 bits per heavy atom. The van der Waals surface area contributed by atoms with Gasteiger partial charge in [0.1, 0.15) is 12.1 Å². The number of halogens is 1. The number of hydrogen-bond acceptors (Lipinski definition) is 4. The molecule has 2 heterocycles. The summed E-state index contributed by atoms with van der Waals surface area (Å²) in [5, 5.41) is 4.89. The third-order valence-electron chi connectivity index (χ3n) is 2.64. The van der Waals surface area contributed by atoms with Crippen LogP contribution in [-0.2, 0) is 6.54 Å². The number of nitrogens with two attached hydrogens (primary N) is 1. The van der Waals surface area contributed by atoms with Crippen molar-refractivity contribution in [1.29, 1.82) is 0 Å². The van der Waals surface area contributed by atoms with Crippen molar-refractivity contribution < 1.29 is 4.42 Å². The quantitative estimate of drug-likeness (QED) is 0.721. The summed E-state index contributed by atoms with van der Waals surface area (Å²) in [5.74, 6) is 0.578. The molecule has 3 aromatic rings. The van der Waals surface area contributed by atoms with Crippen molar-refractivity contribution in [3.63, 3.8) is 0 Å². The fourth-order valence-corrected chi connectivity index (χ4v) is 1.92. The van der Waals surface area contributed by atoms with Gasteiger partial charge in [0.15, 0.2) is 5.58 Å². The fourth-order valence-electron chi connectivity index (χ4n) is 1.77. The lowest BCUT2D eigenvalue weighted by molar-refractivity contribution is 0.490. The molecule has 0 fully saturated rings. The van der Waals surface area contributed by atoms with E-state index in [1.165, 1.54) is 0 Å². The third kappa shape index (κ3) is 1.93. The number of benzene rings is 1. The zero-order valence-electron chi connectivity index (χ0n) is 9.72. The van der Waals surface area contributed by atoms with Gasteiger partial charge in [-0.05, 0) is 25.1 Å². The minimum atomic E-state index is 0.447. The molecule has 0 saturated heterocycles. The van der Waals surface area contributed by atoms with Gasteiger partial charge >= 0.3 is 0 Å². The van der Waals surface area contributed by atoms with Crippen molar-refractivity contribution in [2.45, 2.75) is 13.5 Å². The first-order valence-corrected chi connectivity index (χ1v) is 5.84. The van der Waals surface area contributed by atoms with Crippen LogP contribution in [0.4, 0.5) is 5.69 Å². The Morgan fingerprint density at radius 2 is 2.28 bits per heavy atom. The van der Waals surface area contributed by atoms with Gasteiger partial charge in [-0.3, -0.25) is 4.68 Å². The number of nitrogen functional groups attached to an aromatic ring is 1. The van der Waals surface area contributed by atoms with Crippen LogP contribution in [0.2, 0.25) is 5.02 Å². The molecule has 92 valence electrons. The number of hydrogen-bond donors (Lipinski definition) is 1. The molecular formula is C12H11ClN4O. The summed E-state index contributed by atoms with van der Waals surface area (Å²) in [4.78, 5) is 4.36. The molecule has 2 N–H and O–H groups in total. The molecule has 0 spiro atoms. The van der Waals surface area contributed by atoms with Crippen molar-refractivity contribution in [2.24, 2.45) is 0 Å². The highest BCUT2D eigenvalue weighted by Crippen LogP contribution is 2.19. The number of aromatic nitrogens is 3. The van der Waals surface area contributed by atoms with E-state index < -0.39 is 0 Å². The maximum absolute atomic E-state index is 5.94. The monoisotopic (exact) mass is 262 g/mol. The number of oxazole rings is 1. The SMILES string of the molecule is Cc1nn(Cc2nc3cc(N)ccc3o2)cc1Cl. The average molecular weight is 263 g/mol. The zero-order chi connectivity index (χ0) is 12.7. The summed E-state index contributed by atoms with van der Waals surface area (Å²) in [6, 6.07) is 5.37. The molecule has 0 unspecified atom stereocenters. The molecule has 0 aliphatic rings. The van der Waals surface area contributed by atoms with Crippen LogP contribution in [0.1, 0.15) is 11.6 Å². The molecule has 3 rings (SSSR count). The van der Waals surface area contributed by atoms with E-state index in [2.05, 4.69) is 10.1 Å². The molecular weight excluding hydrogens is 252 g/mol. The Labute approximate surface area is 108 Å². The van der Waals surface area contributed by atoms with Crippen molar-refractivity contribution in [3.8, 4) is 0 Å². The first kappa shape index (κ1) is 11.1. The first-order chi connectivity index (χ1) is 8.61. The highest BCUT2D eigenvalue weighted by atomic mass is 35.5. The van der Waals surface area contributed by atoms with E-state index in [1.54, 1.807) is 23.0 Å². The number of fused-ring (bicyclic) bond motifs is 1. The molecule has 0 aliphatic carbocycles. The van der Waals surface area contributed by atoms with Crippen LogP contribution in [0.5, 0.6) is 0 Å². The minimum absolute atomic E-state index is 0.447. The van der Waals surface area contributed by atoms with Crippen molar-refractivity contribution in [1.82, 2.24) is 14.8 Å². The second-order valence-corrected chi connectivity index (χ2v) is 4.50. The normalized spacial score (nSPS) is 11.2. The lowest BCUT2D eigenvalue weighted by Gasteiger charge is -1.94. The molecule has 6 heteroatoms. The maximum Gasteiger partial charge on any atom is 0.217 e. The molecule has 18 heavy (non-hydrogen) atoms. The molecule has 0 aliphatic heterocycles. The molecule has 0 radical (unpaired) electrons. The predicted molar refractivity (Wildman–Crippen MR) is 69.5 cm³/mol. The van der Waals surface area contributed by atoms with Crippen LogP contribution in [0.25, 0.3) is 11.1 Å². The van der Waals surface area contributed by atoms with Crippen LogP contribution < -0.4 is 5.73 Å². The summed E-state index contributed by atoms with van der Waals surface area (Å²) >= 11 is 5.94. The van der Waals surface area contributed by atoms with Gasteiger partial charge in [0, 0.05) is 11.9 Å². The van der Waals surface area contributed by atoms with Crippen molar-refractivity contribution in [3.05, 3.63) is 41.0 Å². The lowest BCUT2D eigenvalue weighted by atomic mass is 10.3. The summed E-state index contributed by atoms with van der Waals surface area (Å²) in [6.45, 7) is 2.30. The third-order valence-corrected chi connectivity index (χ3v) is 3.01. The topological polar surface area (TPSA) is 69.9 Å². The molecule has 0 bridgehead atoms. The molecule has 0 atom stereocenters. The van der Waals surface area contributed by atoms with Crippen LogP contribution in [0, 0.1) is 6.92 Å². The summed E-state index contributed by atoms with van der Waals surface area (Å²) in [6.07, 6.45) is 1.75. The highest BCUT2D eigenvalue weighted by Gasteiger charge is 2.08. The van der Waals surface area contributed by atoms with Gasteiger partial charge in [0.2, 0.25) is 5.89 Å². The number of rotatable bonds is 2. The van der Waals surface area contributed by atoms with Gasteiger partial charge < -0.3 is 10.2 Å². The Kier molecular flexibility index (Phi) is 2.48. The van der Waals surface area contributed by atoms with E-state index in [9.17, 15) is 0 Å². The summed E-state index contributed by atoms with van der Waals surface area (Å²) in [5.41, 5.74) is 8.61. The van der Waals surface area contributed by atoms with Gasteiger partial charge in [-0.2, -0.15) is 5.10 Å². The number of nitrogens with zero attached hydrogens (tertiary/aromatic N) is 3. The standard InChI is InChI=1S/C12H11ClN4O/c1-7-9(13)5-17(16-7)6-12-15-10-4-8(14)2-3-11(10)18-12/h2-5H,6,14H2,1H3. The van der Waals surface area contributed by atoms with Crippen LogP contribution >= 0.6 is 11.6 Å². The Balaban J connectivity index is 1.95. The molecule has 2 aromatic heterocycles. The van der Waals surface area contributed by atoms with E-state index in [-0.39, 0.29) is 0 Å². The predicted octanol–water partition coefficient (Wildman–Crippen LogP) is 2.62. The second-order valence-electron chi connectivity index (χ2n) is 4.09. The minimum Gasteiger partial charge on any atom is -0.439 e. The smallest absolute Gasteiger partial charge is 0.217 e. The Bertz CT molecular complexity index is 697. The van der Waals surface area contributed by atoms with E-state index >= 15 is 0 Å². The molecule has 0 amide bonds. The van der Waals surface area contributed by atoms with Gasteiger partial charge in [-0.1, -0.05) is 11.6 Å². The van der Waals surface area contributed by atoms with Gasteiger partial charge in [0.05, 0.1) is 10.7 Å². The Hall–Kier alpha value is -2.01. The summed E-state index contributed by atoms with van der Waals surface area (Å²) in [7, 11) is 0. The summed E-state index contributed by atoms with van der Waals surface area (Å²) < 4.78 is 7.31. The largest absolute Gasteiger partial charge is 0.439 e. The zero-order valence-corrected chi connectivity index (χ0v) is 10.5. The van der Waals surface area contributed by atoms with Crippen molar-refractivity contribution in [2.75, 3.05) is 5.73 Å². The maximum atomic E-state index is 5.94. The van der Waals surface area contributed by atoms with E-state index in [0.717, 1.165) is 11.2 Å². The van der Waals surface area contributed by atoms with Crippen LogP contribution in [-0.4, -0.2) is 14.8 Å². The Morgan fingerprint density at radius 3 is 3.00 bits per heavy atom. The van der Waals surface area contributed by atoms with E-state index in [0.29, 0.717) is 28.7 Å². The molecule has 0 saturated carbocycles. The van der Waals surface area contributed by atoms with Gasteiger partial charge in [-0.15, -0.1) is 0 Å². The molecule has 1 aromatic carbocycles. The first-order valence-electron chi connectivity index (χ1n) is 5.46. The van der Waals surface area contributed by atoms with E-state index in [1.807, 2.05) is 13.0 Å². The lowest BCUT2D eigenvalue weighted by Crippen LogP contribution is -2.00. The number of anilines is 1. The average Bonchev–Trinajstić information content (AvgIpc) is 2.82. The van der Waals surface area contributed by atoms with Gasteiger partial charge in [-0.25, -0.2) is 4.98 Å². The van der Waals surface area contributed by atoms with Gasteiger partial charge in [0.25, 0.3) is 0 Å². The second kappa shape index (κ2) is 4.03. The van der Waals surface area contributed by atoms with Crippen LogP contribution in [0.3, 0.4) is 0 Å². The fraction of sp³-hybridized carbons (Fsp3) is 0.167. The van der Waals surface area contributed by atoms with E-state index in [4.69, 9.17) is 21.8 Å².